The number of nitrogens with zero attached hydrogens (tertiary/aromatic N) is 1. The molecule has 0 aliphatic rings. The zero-order valence-electron chi connectivity index (χ0n) is 9.67. The third-order valence-electron chi connectivity index (χ3n) is 2.11. The van der Waals surface area contributed by atoms with E-state index in [0.29, 0.717) is 0 Å². The summed E-state index contributed by atoms with van der Waals surface area (Å²) in [5.41, 5.74) is 2.27. The number of anilines is 1. The molecule has 0 saturated carbocycles. The maximum atomic E-state index is 3.20. The quantitative estimate of drug-likeness (QED) is 0.593. The van der Waals surface area contributed by atoms with Crippen molar-refractivity contribution in [3.8, 4) is 11.8 Å². The Morgan fingerprint density at radius 3 is 2.67 bits per heavy atom. The zero-order valence-corrected chi connectivity index (χ0v) is 9.67. The van der Waals surface area contributed by atoms with Crippen LogP contribution in [0.1, 0.15) is 12.0 Å². The standard InChI is InChI=1S/C13H18N2/c1-14-11-7-6-9-12-8-4-5-10-13(12)15(2)3/h4-5,8,10,14H,7,11H2,1-3H3. The van der Waals surface area contributed by atoms with Gasteiger partial charge in [0.2, 0.25) is 0 Å². The molecule has 1 aromatic rings. The lowest BCUT2D eigenvalue weighted by Gasteiger charge is -2.13. The average Bonchev–Trinajstić information content (AvgIpc) is 2.25. The molecule has 0 fully saturated rings. The highest BCUT2D eigenvalue weighted by Crippen LogP contribution is 2.16. The Balaban J connectivity index is 2.78. The van der Waals surface area contributed by atoms with E-state index in [4.69, 9.17) is 0 Å². The molecular weight excluding hydrogens is 184 g/mol. The fourth-order valence-corrected chi connectivity index (χ4v) is 1.31. The third kappa shape index (κ3) is 3.65. The molecule has 0 bridgehead atoms. The fraction of sp³-hybridized carbons (Fsp3) is 0.385. The Labute approximate surface area is 92.3 Å². The number of hydrogen-bond acceptors (Lipinski definition) is 2. The van der Waals surface area contributed by atoms with Gasteiger partial charge in [0.05, 0.1) is 5.69 Å². The molecule has 1 N–H and O–H groups in total. The highest BCUT2D eigenvalue weighted by molar-refractivity contribution is 5.59. The van der Waals surface area contributed by atoms with Gasteiger partial charge in [-0.15, -0.1) is 0 Å². The molecule has 0 spiro atoms. The molecule has 0 atom stereocenters. The first-order chi connectivity index (χ1) is 7.25. The second-order valence-electron chi connectivity index (χ2n) is 3.57. The molecule has 0 heterocycles. The second-order valence-corrected chi connectivity index (χ2v) is 3.57. The maximum Gasteiger partial charge on any atom is 0.0520 e. The van der Waals surface area contributed by atoms with Crippen molar-refractivity contribution >= 4 is 5.69 Å². The van der Waals surface area contributed by atoms with Gasteiger partial charge in [-0.1, -0.05) is 24.0 Å². The number of nitrogens with one attached hydrogen (secondary N) is 1. The van der Waals surface area contributed by atoms with Crippen molar-refractivity contribution in [2.45, 2.75) is 6.42 Å². The Morgan fingerprint density at radius 2 is 2.00 bits per heavy atom. The van der Waals surface area contributed by atoms with Crippen molar-refractivity contribution in [1.82, 2.24) is 5.32 Å². The minimum absolute atomic E-state index is 0.887. The van der Waals surface area contributed by atoms with Crippen molar-refractivity contribution in [3.63, 3.8) is 0 Å². The first-order valence-corrected chi connectivity index (χ1v) is 5.15. The van der Waals surface area contributed by atoms with Gasteiger partial charge in [-0.25, -0.2) is 0 Å². The van der Waals surface area contributed by atoms with Crippen LogP contribution in [0.25, 0.3) is 0 Å². The number of benzene rings is 1. The third-order valence-corrected chi connectivity index (χ3v) is 2.11. The Hall–Kier alpha value is -1.46. The smallest absolute Gasteiger partial charge is 0.0520 e. The predicted molar refractivity (Wildman–Crippen MR) is 66.2 cm³/mol. The van der Waals surface area contributed by atoms with Crippen molar-refractivity contribution < 1.29 is 0 Å². The van der Waals surface area contributed by atoms with E-state index in [1.54, 1.807) is 0 Å². The predicted octanol–water partition coefficient (Wildman–Crippen LogP) is 1.71. The van der Waals surface area contributed by atoms with Crippen LogP contribution < -0.4 is 10.2 Å². The number of para-hydroxylation sites is 1. The lowest BCUT2D eigenvalue weighted by Crippen LogP contribution is -2.10. The largest absolute Gasteiger partial charge is 0.377 e. The van der Waals surface area contributed by atoms with Gasteiger partial charge in [0.1, 0.15) is 0 Å². The van der Waals surface area contributed by atoms with Crippen LogP contribution in [0.2, 0.25) is 0 Å². The Bertz CT molecular complexity index is 358. The Morgan fingerprint density at radius 1 is 1.27 bits per heavy atom. The molecule has 2 heteroatoms. The summed E-state index contributed by atoms with van der Waals surface area (Å²) < 4.78 is 0. The Kier molecular flexibility index (Phi) is 4.73. The van der Waals surface area contributed by atoms with Crippen LogP contribution in [0.5, 0.6) is 0 Å². The average molecular weight is 202 g/mol. The zero-order chi connectivity index (χ0) is 11.1. The van der Waals surface area contributed by atoms with E-state index in [9.17, 15) is 0 Å². The molecule has 15 heavy (non-hydrogen) atoms. The van der Waals surface area contributed by atoms with Gasteiger partial charge in [0.25, 0.3) is 0 Å². The van der Waals surface area contributed by atoms with Gasteiger partial charge < -0.3 is 10.2 Å². The highest BCUT2D eigenvalue weighted by Gasteiger charge is 1.99. The van der Waals surface area contributed by atoms with Gasteiger partial charge in [-0.05, 0) is 19.2 Å². The normalized spacial score (nSPS) is 9.27. The van der Waals surface area contributed by atoms with Crippen molar-refractivity contribution in [1.29, 1.82) is 0 Å². The summed E-state index contributed by atoms with van der Waals surface area (Å²) in [6, 6.07) is 8.20. The van der Waals surface area contributed by atoms with Crippen LogP contribution >= 0.6 is 0 Å². The number of rotatable bonds is 3. The molecule has 0 aromatic heterocycles. The van der Waals surface area contributed by atoms with E-state index in [1.807, 2.05) is 33.3 Å². The first-order valence-electron chi connectivity index (χ1n) is 5.15. The second kappa shape index (κ2) is 6.10. The molecule has 80 valence electrons. The van der Waals surface area contributed by atoms with Crippen LogP contribution in [0.4, 0.5) is 5.69 Å². The van der Waals surface area contributed by atoms with E-state index in [0.717, 1.165) is 18.5 Å². The van der Waals surface area contributed by atoms with E-state index in [1.165, 1.54) is 5.69 Å². The molecule has 0 amide bonds. The molecule has 0 aliphatic heterocycles. The van der Waals surface area contributed by atoms with Gasteiger partial charge in [-0.3, -0.25) is 0 Å². The lowest BCUT2D eigenvalue weighted by atomic mass is 10.1. The van der Waals surface area contributed by atoms with Crippen LogP contribution in [0.15, 0.2) is 24.3 Å². The summed E-state index contributed by atoms with van der Waals surface area (Å²) in [5, 5.41) is 3.08. The summed E-state index contributed by atoms with van der Waals surface area (Å²) in [5.74, 6) is 6.36. The van der Waals surface area contributed by atoms with E-state index < -0.39 is 0 Å². The molecule has 0 unspecified atom stereocenters. The van der Waals surface area contributed by atoms with E-state index >= 15 is 0 Å². The van der Waals surface area contributed by atoms with Gasteiger partial charge in [-0.2, -0.15) is 0 Å². The van der Waals surface area contributed by atoms with Crippen molar-refractivity contribution in [2.24, 2.45) is 0 Å². The summed E-state index contributed by atoms with van der Waals surface area (Å²) >= 11 is 0. The van der Waals surface area contributed by atoms with Gasteiger partial charge in [0.15, 0.2) is 0 Å². The summed E-state index contributed by atoms with van der Waals surface area (Å²) in [7, 11) is 6.01. The molecule has 0 saturated heterocycles. The molecule has 1 aromatic carbocycles. The van der Waals surface area contributed by atoms with E-state index in [-0.39, 0.29) is 0 Å². The lowest BCUT2D eigenvalue weighted by molar-refractivity contribution is 0.818. The minimum atomic E-state index is 0.887. The van der Waals surface area contributed by atoms with Gasteiger partial charge >= 0.3 is 0 Å². The van der Waals surface area contributed by atoms with Crippen molar-refractivity contribution in [3.05, 3.63) is 29.8 Å². The first kappa shape index (κ1) is 11.6. The highest BCUT2D eigenvalue weighted by atomic mass is 15.1. The van der Waals surface area contributed by atoms with Crippen LogP contribution in [0, 0.1) is 11.8 Å². The monoisotopic (exact) mass is 202 g/mol. The summed E-state index contributed by atoms with van der Waals surface area (Å²) in [4.78, 5) is 2.09. The summed E-state index contributed by atoms with van der Waals surface area (Å²) in [6.45, 7) is 0.942. The summed E-state index contributed by atoms with van der Waals surface area (Å²) in [6.07, 6.45) is 0.887. The van der Waals surface area contributed by atoms with E-state index in [2.05, 4.69) is 34.2 Å². The molecule has 0 aliphatic carbocycles. The van der Waals surface area contributed by atoms with Crippen LogP contribution in [-0.4, -0.2) is 27.7 Å². The maximum absolute atomic E-state index is 3.20. The molecule has 0 radical (unpaired) electrons. The molecule has 1 rings (SSSR count). The number of hydrogen-bond donors (Lipinski definition) is 1. The van der Waals surface area contributed by atoms with Crippen LogP contribution in [0.3, 0.4) is 0 Å². The SMILES string of the molecule is CNCCC#Cc1ccccc1N(C)C. The molecule has 2 nitrogen and oxygen atoms in total. The fourth-order valence-electron chi connectivity index (χ4n) is 1.31. The van der Waals surface area contributed by atoms with Crippen molar-refractivity contribution in [2.75, 3.05) is 32.6 Å². The topological polar surface area (TPSA) is 15.3 Å². The van der Waals surface area contributed by atoms with Crippen LogP contribution in [-0.2, 0) is 0 Å². The minimum Gasteiger partial charge on any atom is -0.377 e. The molecular formula is C13H18N2. The van der Waals surface area contributed by atoms with Gasteiger partial charge in [0, 0.05) is 32.6 Å².